The molecule has 0 unspecified atom stereocenters. The van der Waals surface area contributed by atoms with Gasteiger partial charge in [-0.3, -0.25) is 4.79 Å². The van der Waals surface area contributed by atoms with Crippen molar-refractivity contribution in [2.75, 3.05) is 26.2 Å². The summed E-state index contributed by atoms with van der Waals surface area (Å²) in [7, 11) is -3.51. The molecule has 0 N–H and O–H groups in total. The summed E-state index contributed by atoms with van der Waals surface area (Å²) in [4.78, 5) is 15.7. The Hall–Kier alpha value is -2.38. The molecule has 0 saturated carbocycles. The number of carbonyl (C=O) groups excluding carboxylic acids is 1. The molecule has 2 aromatic carbocycles. The molecule has 2 aromatic rings. The van der Waals surface area contributed by atoms with Gasteiger partial charge in [0.1, 0.15) is 5.75 Å². The smallest absolute Gasteiger partial charge is 0.243 e. The standard InChI is InChI=1S/C25H32N2O4S/c1-3-31-22-10-8-20(9-11-22)24-5-4-16-27(24)25(28)21-14-17-26(18-15-21)32(29,30)23-12-6-19(2)7-13-23/h6-13,21,24H,3-5,14-18H2,1-2H3/t24-/m0/s1. The van der Waals surface area contributed by atoms with Gasteiger partial charge in [-0.1, -0.05) is 29.8 Å². The quantitative estimate of drug-likeness (QED) is 0.655. The second kappa shape index (κ2) is 9.63. The van der Waals surface area contributed by atoms with Crippen LogP contribution >= 0.6 is 0 Å². The third-order valence-electron chi connectivity index (χ3n) is 6.57. The Morgan fingerprint density at radius 1 is 0.969 bits per heavy atom. The number of ether oxygens (including phenoxy) is 1. The average molecular weight is 457 g/mol. The van der Waals surface area contributed by atoms with Gasteiger partial charge in [0.25, 0.3) is 0 Å². The fourth-order valence-electron chi connectivity index (χ4n) is 4.77. The van der Waals surface area contributed by atoms with Gasteiger partial charge in [-0.2, -0.15) is 4.31 Å². The second-order valence-electron chi connectivity index (χ2n) is 8.68. The van der Waals surface area contributed by atoms with E-state index in [1.54, 1.807) is 12.1 Å². The van der Waals surface area contributed by atoms with Crippen molar-refractivity contribution >= 4 is 15.9 Å². The summed E-state index contributed by atoms with van der Waals surface area (Å²) in [6.45, 7) is 6.06. The van der Waals surface area contributed by atoms with E-state index in [4.69, 9.17) is 4.74 Å². The number of carbonyl (C=O) groups is 1. The van der Waals surface area contributed by atoms with Crippen molar-refractivity contribution in [1.82, 2.24) is 9.21 Å². The van der Waals surface area contributed by atoms with Gasteiger partial charge >= 0.3 is 0 Å². The lowest BCUT2D eigenvalue weighted by Crippen LogP contribution is -2.44. The number of aryl methyl sites for hydroxylation is 1. The van der Waals surface area contributed by atoms with Crippen molar-refractivity contribution in [2.24, 2.45) is 5.92 Å². The van der Waals surface area contributed by atoms with Crippen LogP contribution in [-0.4, -0.2) is 49.8 Å². The molecule has 1 amide bonds. The topological polar surface area (TPSA) is 66.9 Å². The molecule has 2 aliphatic rings. The largest absolute Gasteiger partial charge is 0.494 e. The number of amides is 1. The summed E-state index contributed by atoms with van der Waals surface area (Å²) < 4.78 is 33.0. The zero-order valence-corrected chi connectivity index (χ0v) is 19.7. The molecular formula is C25H32N2O4S. The minimum Gasteiger partial charge on any atom is -0.494 e. The maximum atomic E-state index is 13.4. The van der Waals surface area contributed by atoms with Crippen LogP contribution in [0.4, 0.5) is 0 Å². The Labute approximate surface area is 191 Å². The molecule has 172 valence electrons. The van der Waals surface area contributed by atoms with E-state index in [-0.39, 0.29) is 17.9 Å². The summed E-state index contributed by atoms with van der Waals surface area (Å²) >= 11 is 0. The Balaban J connectivity index is 1.39. The van der Waals surface area contributed by atoms with Gasteiger partial charge in [0.2, 0.25) is 15.9 Å². The number of hydrogen-bond acceptors (Lipinski definition) is 4. The monoisotopic (exact) mass is 456 g/mol. The predicted molar refractivity (Wildman–Crippen MR) is 124 cm³/mol. The van der Waals surface area contributed by atoms with Crippen LogP contribution in [0.3, 0.4) is 0 Å². The fourth-order valence-corrected chi connectivity index (χ4v) is 6.24. The van der Waals surface area contributed by atoms with Crippen LogP contribution in [-0.2, 0) is 14.8 Å². The molecule has 2 aliphatic heterocycles. The van der Waals surface area contributed by atoms with Crippen LogP contribution in [0.25, 0.3) is 0 Å². The third-order valence-corrected chi connectivity index (χ3v) is 8.49. The Morgan fingerprint density at radius 3 is 2.25 bits per heavy atom. The first-order chi connectivity index (χ1) is 15.4. The fraction of sp³-hybridized carbons (Fsp3) is 0.480. The highest BCUT2D eigenvalue weighted by Gasteiger charge is 2.37. The van der Waals surface area contributed by atoms with Gasteiger partial charge < -0.3 is 9.64 Å². The van der Waals surface area contributed by atoms with Crippen molar-refractivity contribution in [3.05, 3.63) is 59.7 Å². The highest BCUT2D eigenvalue weighted by Crippen LogP contribution is 2.35. The number of piperidine rings is 1. The molecule has 0 aromatic heterocycles. The Morgan fingerprint density at radius 2 is 1.62 bits per heavy atom. The molecule has 2 saturated heterocycles. The molecule has 32 heavy (non-hydrogen) atoms. The summed E-state index contributed by atoms with van der Waals surface area (Å²) in [5.74, 6) is 0.880. The zero-order valence-electron chi connectivity index (χ0n) is 18.9. The molecule has 0 aliphatic carbocycles. The van der Waals surface area contributed by atoms with Crippen LogP contribution in [0.5, 0.6) is 5.75 Å². The first kappa shape index (κ1) is 22.8. The van der Waals surface area contributed by atoms with E-state index in [9.17, 15) is 13.2 Å². The first-order valence-corrected chi connectivity index (χ1v) is 12.9. The molecule has 0 radical (unpaired) electrons. The van der Waals surface area contributed by atoms with Crippen molar-refractivity contribution in [1.29, 1.82) is 0 Å². The van der Waals surface area contributed by atoms with Crippen molar-refractivity contribution in [2.45, 2.75) is 50.5 Å². The van der Waals surface area contributed by atoms with Crippen LogP contribution < -0.4 is 4.74 Å². The normalized spacial score (nSPS) is 20.4. The molecule has 6 nitrogen and oxygen atoms in total. The summed E-state index contributed by atoms with van der Waals surface area (Å²) in [6.07, 6.45) is 3.08. The lowest BCUT2D eigenvalue weighted by molar-refractivity contribution is -0.137. The lowest BCUT2D eigenvalue weighted by atomic mass is 9.95. The van der Waals surface area contributed by atoms with Crippen LogP contribution in [0.2, 0.25) is 0 Å². The predicted octanol–water partition coefficient (Wildman–Crippen LogP) is 4.16. The molecule has 0 bridgehead atoms. The van der Waals surface area contributed by atoms with E-state index in [1.807, 2.05) is 43.0 Å². The number of rotatable bonds is 6. The Kier molecular flexibility index (Phi) is 6.86. The molecule has 2 fully saturated rings. The Bertz CT molecular complexity index is 1030. The SMILES string of the molecule is CCOc1ccc([C@@H]2CCCN2C(=O)C2CCN(S(=O)(=O)c3ccc(C)cc3)CC2)cc1. The first-order valence-electron chi connectivity index (χ1n) is 11.5. The van der Waals surface area contributed by atoms with Crippen LogP contribution in [0.1, 0.15) is 49.8 Å². The van der Waals surface area contributed by atoms with E-state index in [2.05, 4.69) is 12.1 Å². The number of sulfonamides is 1. The molecule has 0 spiro atoms. The van der Waals surface area contributed by atoms with E-state index >= 15 is 0 Å². The van der Waals surface area contributed by atoms with Gasteiger partial charge in [0.05, 0.1) is 17.5 Å². The molecule has 2 heterocycles. The van der Waals surface area contributed by atoms with Crippen molar-refractivity contribution in [3.8, 4) is 5.75 Å². The van der Waals surface area contributed by atoms with Gasteiger partial charge in [-0.15, -0.1) is 0 Å². The molecule has 1 atom stereocenters. The average Bonchev–Trinajstić information content (AvgIpc) is 3.30. The van der Waals surface area contributed by atoms with E-state index in [0.29, 0.717) is 37.4 Å². The maximum absolute atomic E-state index is 13.4. The number of nitrogens with zero attached hydrogens (tertiary/aromatic N) is 2. The highest BCUT2D eigenvalue weighted by molar-refractivity contribution is 7.89. The van der Waals surface area contributed by atoms with Gasteiger partial charge in [-0.25, -0.2) is 8.42 Å². The maximum Gasteiger partial charge on any atom is 0.243 e. The summed E-state index contributed by atoms with van der Waals surface area (Å²) in [5, 5.41) is 0. The molecular weight excluding hydrogens is 424 g/mol. The summed E-state index contributed by atoms with van der Waals surface area (Å²) in [6, 6.07) is 15.1. The second-order valence-corrected chi connectivity index (χ2v) is 10.6. The van der Waals surface area contributed by atoms with Gasteiger partial charge in [0, 0.05) is 25.6 Å². The summed E-state index contributed by atoms with van der Waals surface area (Å²) in [5.41, 5.74) is 2.17. The van der Waals surface area contributed by atoms with Crippen LogP contribution in [0, 0.1) is 12.8 Å². The van der Waals surface area contributed by atoms with E-state index in [1.165, 1.54) is 4.31 Å². The zero-order chi connectivity index (χ0) is 22.7. The van der Waals surface area contributed by atoms with Crippen molar-refractivity contribution < 1.29 is 17.9 Å². The van der Waals surface area contributed by atoms with E-state index < -0.39 is 10.0 Å². The van der Waals surface area contributed by atoms with E-state index in [0.717, 1.165) is 36.3 Å². The molecule has 7 heteroatoms. The van der Waals surface area contributed by atoms with Gasteiger partial charge in [0.15, 0.2) is 0 Å². The lowest BCUT2D eigenvalue weighted by Gasteiger charge is -2.34. The molecule has 4 rings (SSSR count). The third kappa shape index (κ3) is 4.69. The minimum atomic E-state index is -3.51. The van der Waals surface area contributed by atoms with Crippen molar-refractivity contribution in [3.63, 3.8) is 0 Å². The number of benzene rings is 2. The number of hydrogen-bond donors (Lipinski definition) is 0. The van der Waals surface area contributed by atoms with Crippen LogP contribution in [0.15, 0.2) is 53.4 Å². The number of likely N-dealkylation sites (tertiary alicyclic amines) is 1. The minimum absolute atomic E-state index is 0.0903. The van der Waals surface area contributed by atoms with Gasteiger partial charge in [-0.05, 0) is 69.4 Å². The highest BCUT2D eigenvalue weighted by atomic mass is 32.2.